The Morgan fingerprint density at radius 2 is 2.29 bits per heavy atom. The van der Waals surface area contributed by atoms with Gasteiger partial charge in [0, 0.05) is 28.1 Å². The lowest BCUT2D eigenvalue weighted by Crippen LogP contribution is -2.01. The molecule has 0 heterocycles. The van der Waals surface area contributed by atoms with E-state index in [1.54, 1.807) is 0 Å². The minimum Gasteiger partial charge on any atom is -0.384 e. The molecule has 14 heavy (non-hydrogen) atoms. The summed E-state index contributed by atoms with van der Waals surface area (Å²) in [5.74, 6) is 0. The first-order valence-electron chi connectivity index (χ1n) is 4.30. The van der Waals surface area contributed by atoms with Crippen LogP contribution in [0.5, 0.6) is 0 Å². The van der Waals surface area contributed by atoms with Crippen LogP contribution in [0.15, 0.2) is 22.7 Å². The molecule has 0 aliphatic rings. The highest BCUT2D eigenvalue weighted by Gasteiger charge is 1.99. The van der Waals surface area contributed by atoms with Crippen molar-refractivity contribution in [1.29, 1.82) is 5.26 Å². The lowest BCUT2D eigenvalue weighted by atomic mass is 10.3. The molecule has 0 amide bonds. The number of hydrogen-bond donors (Lipinski definition) is 1. The van der Waals surface area contributed by atoms with Gasteiger partial charge in [-0.1, -0.05) is 11.6 Å². The average molecular weight is 274 g/mol. The van der Waals surface area contributed by atoms with Crippen molar-refractivity contribution in [3.63, 3.8) is 0 Å². The van der Waals surface area contributed by atoms with Crippen LogP contribution in [0.4, 0.5) is 5.69 Å². The third-order valence-corrected chi connectivity index (χ3v) is 2.64. The molecule has 1 N–H and O–H groups in total. The fourth-order valence-corrected chi connectivity index (χ4v) is 1.58. The van der Waals surface area contributed by atoms with Gasteiger partial charge in [-0.3, -0.25) is 0 Å². The molecule has 0 radical (unpaired) electrons. The van der Waals surface area contributed by atoms with Crippen LogP contribution >= 0.6 is 27.5 Å². The fourth-order valence-electron chi connectivity index (χ4n) is 1.02. The summed E-state index contributed by atoms with van der Waals surface area (Å²) in [6, 6.07) is 7.68. The van der Waals surface area contributed by atoms with Gasteiger partial charge in [-0.25, -0.2) is 0 Å². The van der Waals surface area contributed by atoms with Gasteiger partial charge in [-0.05, 0) is 40.5 Å². The number of benzene rings is 1. The van der Waals surface area contributed by atoms with Crippen LogP contribution in [-0.4, -0.2) is 6.54 Å². The van der Waals surface area contributed by atoms with E-state index < -0.39 is 0 Å². The van der Waals surface area contributed by atoms with Crippen LogP contribution in [0.25, 0.3) is 0 Å². The highest BCUT2D eigenvalue weighted by Crippen LogP contribution is 2.25. The molecule has 0 aliphatic heterocycles. The number of halogens is 2. The third-order valence-electron chi connectivity index (χ3n) is 1.71. The summed E-state index contributed by atoms with van der Waals surface area (Å²) >= 11 is 9.26. The lowest BCUT2D eigenvalue weighted by Gasteiger charge is -2.07. The van der Waals surface area contributed by atoms with Gasteiger partial charge in [-0.15, -0.1) is 0 Å². The largest absolute Gasteiger partial charge is 0.384 e. The highest BCUT2D eigenvalue weighted by atomic mass is 79.9. The molecule has 1 rings (SSSR count). The van der Waals surface area contributed by atoms with Gasteiger partial charge in [0.05, 0.1) is 6.07 Å². The molecule has 0 spiro atoms. The minimum atomic E-state index is 0.575. The normalized spacial score (nSPS) is 9.50. The summed E-state index contributed by atoms with van der Waals surface area (Å²) in [6.07, 6.45) is 1.42. The Labute approximate surface area is 97.0 Å². The van der Waals surface area contributed by atoms with Crippen molar-refractivity contribution in [2.24, 2.45) is 0 Å². The number of anilines is 1. The van der Waals surface area contributed by atoms with Crippen molar-refractivity contribution in [2.45, 2.75) is 12.8 Å². The minimum absolute atomic E-state index is 0.575. The van der Waals surface area contributed by atoms with E-state index in [0.29, 0.717) is 11.4 Å². The Morgan fingerprint density at radius 3 is 3.00 bits per heavy atom. The third kappa shape index (κ3) is 3.57. The topological polar surface area (TPSA) is 35.8 Å². The number of hydrogen-bond acceptors (Lipinski definition) is 2. The molecular weight excluding hydrogens is 263 g/mol. The predicted molar refractivity (Wildman–Crippen MR) is 62.5 cm³/mol. The highest BCUT2D eigenvalue weighted by molar-refractivity contribution is 9.10. The van der Waals surface area contributed by atoms with E-state index in [4.69, 9.17) is 16.9 Å². The van der Waals surface area contributed by atoms with E-state index in [-0.39, 0.29) is 0 Å². The number of nitriles is 1. The maximum Gasteiger partial charge on any atom is 0.0622 e. The van der Waals surface area contributed by atoms with Crippen LogP contribution in [0.2, 0.25) is 5.02 Å². The van der Waals surface area contributed by atoms with Crippen molar-refractivity contribution in [1.82, 2.24) is 0 Å². The van der Waals surface area contributed by atoms with Crippen LogP contribution in [-0.2, 0) is 0 Å². The van der Waals surface area contributed by atoms with E-state index >= 15 is 0 Å². The summed E-state index contributed by atoms with van der Waals surface area (Å²) in [6.45, 7) is 0.784. The zero-order valence-corrected chi connectivity index (χ0v) is 9.90. The first-order chi connectivity index (χ1) is 6.74. The van der Waals surface area contributed by atoms with Gasteiger partial charge in [0.15, 0.2) is 0 Å². The Morgan fingerprint density at radius 1 is 1.50 bits per heavy atom. The molecule has 74 valence electrons. The Kier molecular flexibility index (Phi) is 4.78. The first-order valence-corrected chi connectivity index (χ1v) is 5.47. The van der Waals surface area contributed by atoms with Crippen molar-refractivity contribution in [3.8, 4) is 6.07 Å². The molecule has 0 saturated carbocycles. The zero-order chi connectivity index (χ0) is 10.4. The van der Waals surface area contributed by atoms with E-state index in [9.17, 15) is 0 Å². The predicted octanol–water partition coefficient (Wildman–Crippen LogP) is 3.82. The molecule has 0 unspecified atom stereocenters. The van der Waals surface area contributed by atoms with Crippen molar-refractivity contribution in [2.75, 3.05) is 11.9 Å². The van der Waals surface area contributed by atoms with Crippen molar-refractivity contribution in [3.05, 3.63) is 27.7 Å². The van der Waals surface area contributed by atoms with Gasteiger partial charge in [0.1, 0.15) is 0 Å². The quantitative estimate of drug-likeness (QED) is 0.847. The second kappa shape index (κ2) is 5.90. The van der Waals surface area contributed by atoms with Gasteiger partial charge in [0.2, 0.25) is 0 Å². The van der Waals surface area contributed by atoms with Crippen LogP contribution in [0, 0.1) is 11.3 Å². The number of nitrogens with zero attached hydrogens (tertiary/aromatic N) is 1. The zero-order valence-electron chi connectivity index (χ0n) is 7.56. The Bertz CT molecular complexity index is 346. The molecule has 0 aliphatic carbocycles. The second-order valence-corrected chi connectivity index (χ2v) is 4.10. The lowest BCUT2D eigenvalue weighted by molar-refractivity contribution is 0.897. The van der Waals surface area contributed by atoms with Crippen LogP contribution in [0.3, 0.4) is 0 Å². The van der Waals surface area contributed by atoms with E-state index in [1.807, 2.05) is 18.2 Å². The van der Waals surface area contributed by atoms with Gasteiger partial charge >= 0.3 is 0 Å². The standard InChI is InChI=1S/C10H10BrClN2/c11-9-4-3-8(12)7-10(9)14-6-2-1-5-13/h3-4,7,14H,1-2,6H2. The summed E-state index contributed by atoms with van der Waals surface area (Å²) < 4.78 is 0.985. The molecule has 2 nitrogen and oxygen atoms in total. The van der Waals surface area contributed by atoms with E-state index in [1.165, 1.54) is 0 Å². The summed E-state index contributed by atoms with van der Waals surface area (Å²) in [4.78, 5) is 0. The molecule has 1 aromatic carbocycles. The van der Waals surface area contributed by atoms with E-state index in [0.717, 1.165) is 23.1 Å². The molecule has 0 fully saturated rings. The van der Waals surface area contributed by atoms with Crippen molar-refractivity contribution < 1.29 is 0 Å². The summed E-state index contributed by atoms with van der Waals surface area (Å²) in [5.41, 5.74) is 0.968. The van der Waals surface area contributed by atoms with Gasteiger partial charge < -0.3 is 5.32 Å². The smallest absolute Gasteiger partial charge is 0.0622 e. The molecule has 4 heteroatoms. The SMILES string of the molecule is N#CCCCNc1cc(Cl)ccc1Br. The summed E-state index contributed by atoms with van der Waals surface area (Å²) in [5, 5.41) is 12.3. The van der Waals surface area contributed by atoms with Crippen LogP contribution < -0.4 is 5.32 Å². The first kappa shape index (κ1) is 11.4. The molecule has 0 aromatic heterocycles. The maximum absolute atomic E-state index is 8.35. The van der Waals surface area contributed by atoms with Crippen molar-refractivity contribution >= 4 is 33.2 Å². The van der Waals surface area contributed by atoms with E-state index in [2.05, 4.69) is 27.3 Å². The number of rotatable bonds is 4. The average Bonchev–Trinajstić information content (AvgIpc) is 2.18. The number of nitrogens with one attached hydrogen (secondary N) is 1. The fraction of sp³-hybridized carbons (Fsp3) is 0.300. The molecule has 1 aromatic rings. The Balaban J connectivity index is 2.50. The molecule has 0 saturated heterocycles. The molecule has 0 bridgehead atoms. The Hall–Kier alpha value is -0.720. The summed E-state index contributed by atoms with van der Waals surface area (Å²) in [7, 11) is 0. The van der Waals surface area contributed by atoms with Crippen LogP contribution in [0.1, 0.15) is 12.8 Å². The maximum atomic E-state index is 8.35. The molecular formula is C10H10BrClN2. The molecule has 0 atom stereocenters. The monoisotopic (exact) mass is 272 g/mol. The second-order valence-electron chi connectivity index (χ2n) is 2.81. The van der Waals surface area contributed by atoms with Gasteiger partial charge in [0.25, 0.3) is 0 Å². The van der Waals surface area contributed by atoms with Gasteiger partial charge in [-0.2, -0.15) is 5.26 Å². The number of unbranched alkanes of at least 4 members (excludes halogenated alkanes) is 1.